The van der Waals surface area contributed by atoms with Crippen molar-refractivity contribution in [3.05, 3.63) is 63.6 Å². The van der Waals surface area contributed by atoms with E-state index in [4.69, 9.17) is 0 Å². The highest BCUT2D eigenvalue weighted by Crippen LogP contribution is 2.21. The lowest BCUT2D eigenvalue weighted by atomic mass is 10.2. The van der Waals surface area contributed by atoms with Gasteiger partial charge in [0.25, 0.3) is 0 Å². The monoisotopic (exact) mass is 311 g/mol. The fraction of sp³-hybridized carbons (Fsp3) is 0.143. The predicted octanol–water partition coefficient (Wildman–Crippen LogP) is 4.65. The molecule has 94 valence electrons. The van der Waals surface area contributed by atoms with Gasteiger partial charge in [-0.2, -0.15) is 0 Å². The molecule has 0 amide bonds. The molecule has 0 saturated heterocycles. The Hall–Kier alpha value is -1.42. The van der Waals surface area contributed by atoms with E-state index in [1.165, 1.54) is 18.2 Å². The van der Waals surface area contributed by atoms with E-state index in [2.05, 4.69) is 21.2 Å². The van der Waals surface area contributed by atoms with E-state index in [-0.39, 0.29) is 12.1 Å². The summed E-state index contributed by atoms with van der Waals surface area (Å²) in [7, 11) is 0. The summed E-state index contributed by atoms with van der Waals surface area (Å²) in [5.41, 5.74) is 1.97. The Bertz CT molecular complexity index is 549. The first kappa shape index (κ1) is 13.0. The molecule has 0 bridgehead atoms. The van der Waals surface area contributed by atoms with E-state index in [1.54, 1.807) is 0 Å². The first-order valence-electron chi connectivity index (χ1n) is 5.51. The average Bonchev–Trinajstić information content (AvgIpc) is 2.33. The molecule has 0 fully saturated rings. The van der Waals surface area contributed by atoms with Crippen molar-refractivity contribution < 1.29 is 8.78 Å². The molecule has 0 unspecified atom stereocenters. The molecule has 0 saturated carbocycles. The summed E-state index contributed by atoms with van der Waals surface area (Å²) in [6.07, 6.45) is 0. The van der Waals surface area contributed by atoms with Crippen LogP contribution in [0, 0.1) is 18.6 Å². The van der Waals surface area contributed by atoms with Gasteiger partial charge in [0, 0.05) is 22.3 Å². The van der Waals surface area contributed by atoms with E-state index in [1.807, 2.05) is 25.1 Å². The quantitative estimate of drug-likeness (QED) is 0.870. The highest BCUT2D eigenvalue weighted by Gasteiger charge is 2.07. The minimum atomic E-state index is -0.534. The van der Waals surface area contributed by atoms with Crippen LogP contribution in [0.5, 0.6) is 0 Å². The maximum absolute atomic E-state index is 13.4. The molecule has 4 heteroatoms. The maximum atomic E-state index is 13.4. The summed E-state index contributed by atoms with van der Waals surface area (Å²) in [6.45, 7) is 2.10. The molecule has 0 aliphatic heterocycles. The molecule has 0 aromatic heterocycles. The van der Waals surface area contributed by atoms with Gasteiger partial charge in [0.1, 0.15) is 11.6 Å². The molecule has 2 aromatic carbocycles. The number of halogens is 3. The van der Waals surface area contributed by atoms with E-state index in [0.29, 0.717) is 0 Å². The lowest BCUT2D eigenvalue weighted by Crippen LogP contribution is -2.04. The largest absolute Gasteiger partial charge is 0.381 e. The molecule has 0 heterocycles. The molecule has 2 aromatic rings. The summed E-state index contributed by atoms with van der Waals surface area (Å²) < 4.78 is 27.8. The Balaban J connectivity index is 2.14. The summed E-state index contributed by atoms with van der Waals surface area (Å²) in [5.74, 6) is -1.07. The van der Waals surface area contributed by atoms with E-state index in [9.17, 15) is 8.78 Å². The van der Waals surface area contributed by atoms with Crippen LogP contribution in [0.15, 0.2) is 40.9 Å². The Morgan fingerprint density at radius 3 is 2.39 bits per heavy atom. The standard InChI is InChI=1S/C14H12BrF2N/c1-9-5-6-10(7-12(9)15)18-8-11-13(16)3-2-4-14(11)17/h2-7,18H,8H2,1H3. The topological polar surface area (TPSA) is 12.0 Å². The van der Waals surface area contributed by atoms with Crippen molar-refractivity contribution in [2.24, 2.45) is 0 Å². The minimum absolute atomic E-state index is 0.0502. The second-order valence-corrected chi connectivity index (χ2v) is 4.87. The maximum Gasteiger partial charge on any atom is 0.131 e. The normalized spacial score (nSPS) is 10.4. The molecule has 0 spiro atoms. The summed E-state index contributed by atoms with van der Waals surface area (Å²) in [4.78, 5) is 0. The van der Waals surface area contributed by atoms with Crippen LogP contribution >= 0.6 is 15.9 Å². The molecule has 0 aliphatic rings. The Labute approximate surface area is 113 Å². The molecule has 18 heavy (non-hydrogen) atoms. The zero-order valence-electron chi connectivity index (χ0n) is 9.81. The van der Waals surface area contributed by atoms with Gasteiger partial charge in [-0.05, 0) is 36.8 Å². The predicted molar refractivity (Wildman–Crippen MR) is 72.6 cm³/mol. The molecule has 1 N–H and O–H groups in total. The minimum Gasteiger partial charge on any atom is -0.381 e. The zero-order chi connectivity index (χ0) is 13.1. The van der Waals surface area contributed by atoms with Crippen LogP contribution in [-0.2, 0) is 6.54 Å². The number of rotatable bonds is 3. The van der Waals surface area contributed by atoms with Crippen LogP contribution in [0.3, 0.4) is 0 Å². The van der Waals surface area contributed by atoms with Gasteiger partial charge >= 0.3 is 0 Å². The first-order chi connectivity index (χ1) is 8.58. The third-order valence-corrected chi connectivity index (χ3v) is 3.56. The summed E-state index contributed by atoms with van der Waals surface area (Å²) in [5, 5.41) is 3.00. The molecular weight excluding hydrogens is 300 g/mol. The van der Waals surface area contributed by atoms with Gasteiger partial charge in [-0.3, -0.25) is 0 Å². The van der Waals surface area contributed by atoms with Crippen molar-refractivity contribution in [1.29, 1.82) is 0 Å². The lowest BCUT2D eigenvalue weighted by Gasteiger charge is -2.09. The second-order valence-electron chi connectivity index (χ2n) is 4.02. The van der Waals surface area contributed by atoms with Crippen LogP contribution in [0.2, 0.25) is 0 Å². The second kappa shape index (κ2) is 5.48. The molecule has 2 rings (SSSR count). The van der Waals surface area contributed by atoms with E-state index < -0.39 is 11.6 Å². The SMILES string of the molecule is Cc1ccc(NCc2c(F)cccc2F)cc1Br. The van der Waals surface area contributed by atoms with Crippen molar-refractivity contribution in [3.63, 3.8) is 0 Å². The van der Waals surface area contributed by atoms with Gasteiger partial charge in [-0.15, -0.1) is 0 Å². The van der Waals surface area contributed by atoms with Crippen molar-refractivity contribution in [3.8, 4) is 0 Å². The zero-order valence-corrected chi connectivity index (χ0v) is 11.4. The summed E-state index contributed by atoms with van der Waals surface area (Å²) in [6, 6.07) is 9.56. The Morgan fingerprint density at radius 2 is 1.78 bits per heavy atom. The number of nitrogens with one attached hydrogen (secondary N) is 1. The lowest BCUT2D eigenvalue weighted by molar-refractivity contribution is 0.560. The van der Waals surface area contributed by atoms with E-state index >= 15 is 0 Å². The van der Waals surface area contributed by atoms with Gasteiger partial charge in [0.05, 0.1) is 0 Å². The van der Waals surface area contributed by atoms with Gasteiger partial charge in [0.2, 0.25) is 0 Å². The number of hydrogen-bond donors (Lipinski definition) is 1. The number of benzene rings is 2. The van der Waals surface area contributed by atoms with Crippen LogP contribution < -0.4 is 5.32 Å². The molecule has 0 atom stereocenters. The van der Waals surface area contributed by atoms with Crippen LogP contribution in [-0.4, -0.2) is 0 Å². The smallest absolute Gasteiger partial charge is 0.131 e. The van der Waals surface area contributed by atoms with Crippen molar-refractivity contribution in [1.82, 2.24) is 0 Å². The van der Waals surface area contributed by atoms with Crippen LogP contribution in [0.25, 0.3) is 0 Å². The van der Waals surface area contributed by atoms with Crippen molar-refractivity contribution >= 4 is 21.6 Å². The van der Waals surface area contributed by atoms with Crippen molar-refractivity contribution in [2.45, 2.75) is 13.5 Å². The van der Waals surface area contributed by atoms with Crippen LogP contribution in [0.1, 0.15) is 11.1 Å². The molecule has 1 nitrogen and oxygen atoms in total. The van der Waals surface area contributed by atoms with Gasteiger partial charge in [-0.25, -0.2) is 8.78 Å². The fourth-order valence-corrected chi connectivity index (χ4v) is 1.97. The molecule has 0 aliphatic carbocycles. The van der Waals surface area contributed by atoms with Crippen LogP contribution in [0.4, 0.5) is 14.5 Å². The van der Waals surface area contributed by atoms with E-state index in [0.717, 1.165) is 15.7 Å². The first-order valence-corrected chi connectivity index (χ1v) is 6.30. The Kier molecular flexibility index (Phi) is 3.97. The average molecular weight is 312 g/mol. The number of aryl methyl sites for hydroxylation is 1. The number of hydrogen-bond acceptors (Lipinski definition) is 1. The third kappa shape index (κ3) is 2.88. The van der Waals surface area contributed by atoms with Gasteiger partial charge < -0.3 is 5.32 Å². The molecular formula is C14H12BrF2N. The van der Waals surface area contributed by atoms with Gasteiger partial charge in [0.15, 0.2) is 0 Å². The summed E-state index contributed by atoms with van der Waals surface area (Å²) >= 11 is 3.41. The van der Waals surface area contributed by atoms with Crippen molar-refractivity contribution in [2.75, 3.05) is 5.32 Å². The van der Waals surface area contributed by atoms with Gasteiger partial charge in [-0.1, -0.05) is 28.1 Å². The fourth-order valence-electron chi connectivity index (χ4n) is 1.59. The number of anilines is 1. The third-order valence-electron chi connectivity index (χ3n) is 2.70. The highest BCUT2D eigenvalue weighted by molar-refractivity contribution is 9.10. The molecule has 0 radical (unpaired) electrons. The highest BCUT2D eigenvalue weighted by atomic mass is 79.9. The Morgan fingerprint density at radius 1 is 1.11 bits per heavy atom.